The van der Waals surface area contributed by atoms with Gasteiger partial charge in [-0.3, -0.25) is 4.79 Å². The first-order valence-corrected chi connectivity index (χ1v) is 12.8. The molecule has 13 heteroatoms. The van der Waals surface area contributed by atoms with Crippen molar-refractivity contribution in [2.45, 2.75) is 32.1 Å². The number of amides is 1. The van der Waals surface area contributed by atoms with Gasteiger partial charge in [0.05, 0.1) is 24.5 Å². The van der Waals surface area contributed by atoms with E-state index in [4.69, 9.17) is 23.4 Å². The van der Waals surface area contributed by atoms with Gasteiger partial charge in [-0.05, 0) is 38.5 Å². The normalized spacial score (nSPS) is 14.2. The van der Waals surface area contributed by atoms with Crippen molar-refractivity contribution in [1.82, 2.24) is 10.2 Å². The first-order chi connectivity index (χ1) is 17.4. The van der Waals surface area contributed by atoms with Gasteiger partial charge in [0.2, 0.25) is 12.0 Å². The quantitative estimate of drug-likeness (QED) is 0.315. The molecule has 0 saturated heterocycles. The van der Waals surface area contributed by atoms with Crippen LogP contribution in [-0.2, 0) is 14.3 Å². The van der Waals surface area contributed by atoms with Crippen molar-refractivity contribution in [3.63, 3.8) is 0 Å². The molecule has 1 aliphatic rings. The molecular formula is C23H23N3O8S2. The number of fused-ring (bicyclic) bond motifs is 1. The lowest BCUT2D eigenvalue weighted by Gasteiger charge is -2.23. The molecule has 0 saturated carbocycles. The minimum atomic E-state index is -0.637. The molecule has 4 rings (SSSR count). The number of hydrogen-bond acceptors (Lipinski definition) is 12. The molecule has 11 nitrogen and oxygen atoms in total. The maximum atomic E-state index is 12.7. The zero-order valence-electron chi connectivity index (χ0n) is 19.7. The number of anilines is 1. The van der Waals surface area contributed by atoms with E-state index in [-0.39, 0.29) is 52.1 Å². The molecule has 0 radical (unpaired) electrons. The molecule has 0 aliphatic carbocycles. The lowest BCUT2D eigenvalue weighted by atomic mass is 10.1. The monoisotopic (exact) mass is 533 g/mol. The van der Waals surface area contributed by atoms with E-state index >= 15 is 0 Å². The number of thioether (sulfide) groups is 1. The molecule has 3 aromatic rings. The van der Waals surface area contributed by atoms with Crippen LogP contribution in [0.25, 0.3) is 0 Å². The van der Waals surface area contributed by atoms with Gasteiger partial charge in [-0.25, -0.2) is 9.59 Å². The van der Waals surface area contributed by atoms with Crippen LogP contribution < -0.4 is 14.8 Å². The van der Waals surface area contributed by atoms with Crippen molar-refractivity contribution in [3.8, 4) is 11.5 Å². The third-order valence-corrected chi connectivity index (χ3v) is 6.88. The molecule has 2 aromatic heterocycles. The second-order valence-electron chi connectivity index (χ2n) is 7.31. The highest BCUT2D eigenvalue weighted by Gasteiger charge is 2.29. The zero-order valence-corrected chi connectivity index (χ0v) is 21.3. The van der Waals surface area contributed by atoms with Crippen LogP contribution in [-0.4, -0.2) is 53.6 Å². The Bertz CT molecular complexity index is 1270. The summed E-state index contributed by atoms with van der Waals surface area (Å²) < 4.78 is 27.3. The molecule has 1 aliphatic heterocycles. The molecule has 0 fully saturated rings. The fraction of sp³-hybridized carbons (Fsp3) is 0.348. The minimum absolute atomic E-state index is 0.0829. The standard InChI is InChI=1S/C23H23N3O8S2/c1-4-30-21(28)17-12(3)18(22(29)31-5-2)36-20(17)24-16(27)11-35-23-26-25-19(34-23)15-10-32-13-8-6-7-9-14(13)33-15/h6-9,15H,4-5,10-11H2,1-3H3,(H,24,27). The predicted octanol–water partition coefficient (Wildman–Crippen LogP) is 4.04. The second-order valence-corrected chi connectivity index (χ2v) is 9.26. The number of para-hydroxylation sites is 2. The number of carbonyl (C=O) groups excluding carboxylic acids is 3. The molecule has 1 N–H and O–H groups in total. The first-order valence-electron chi connectivity index (χ1n) is 11.0. The highest BCUT2D eigenvalue weighted by atomic mass is 32.2. The van der Waals surface area contributed by atoms with Crippen LogP contribution in [0.5, 0.6) is 11.5 Å². The zero-order chi connectivity index (χ0) is 25.7. The Kier molecular flexibility index (Phi) is 8.10. The highest BCUT2D eigenvalue weighted by Crippen LogP contribution is 2.36. The van der Waals surface area contributed by atoms with Crippen molar-refractivity contribution in [2.24, 2.45) is 0 Å². The van der Waals surface area contributed by atoms with Gasteiger partial charge in [0.1, 0.15) is 16.5 Å². The van der Waals surface area contributed by atoms with Crippen molar-refractivity contribution in [1.29, 1.82) is 0 Å². The van der Waals surface area contributed by atoms with Crippen molar-refractivity contribution >= 4 is 45.9 Å². The van der Waals surface area contributed by atoms with Gasteiger partial charge >= 0.3 is 11.9 Å². The van der Waals surface area contributed by atoms with Gasteiger partial charge in [-0.15, -0.1) is 21.5 Å². The molecule has 36 heavy (non-hydrogen) atoms. The summed E-state index contributed by atoms with van der Waals surface area (Å²) in [6, 6.07) is 7.26. The number of aromatic nitrogens is 2. The number of benzene rings is 1. The summed E-state index contributed by atoms with van der Waals surface area (Å²) in [5.41, 5.74) is 0.510. The van der Waals surface area contributed by atoms with Crippen LogP contribution in [0.1, 0.15) is 51.4 Å². The molecule has 3 heterocycles. The molecule has 0 bridgehead atoms. The fourth-order valence-electron chi connectivity index (χ4n) is 3.28. The smallest absolute Gasteiger partial charge is 0.348 e. The number of rotatable bonds is 9. The first kappa shape index (κ1) is 25.5. The third-order valence-electron chi connectivity index (χ3n) is 4.87. The summed E-state index contributed by atoms with van der Waals surface area (Å²) in [7, 11) is 0. The maximum absolute atomic E-state index is 12.7. The number of esters is 2. The minimum Gasteiger partial charge on any atom is -0.485 e. The number of ether oxygens (including phenoxy) is 4. The summed E-state index contributed by atoms with van der Waals surface area (Å²) in [5.74, 6) is -0.292. The molecule has 1 atom stereocenters. The summed E-state index contributed by atoms with van der Waals surface area (Å²) >= 11 is 1.97. The van der Waals surface area contributed by atoms with Crippen molar-refractivity contribution < 1.29 is 37.7 Å². The van der Waals surface area contributed by atoms with Gasteiger partial charge in [0.15, 0.2) is 11.5 Å². The molecule has 1 amide bonds. The molecular weight excluding hydrogens is 510 g/mol. The third kappa shape index (κ3) is 5.62. The molecule has 1 unspecified atom stereocenters. The number of thiophene rings is 1. The molecule has 0 spiro atoms. The number of hydrogen-bond donors (Lipinski definition) is 1. The van der Waals surface area contributed by atoms with Crippen LogP contribution in [0.3, 0.4) is 0 Å². The van der Waals surface area contributed by atoms with Gasteiger partial charge in [0, 0.05) is 0 Å². The van der Waals surface area contributed by atoms with Crippen LogP contribution in [0.4, 0.5) is 5.00 Å². The molecule has 1 aromatic carbocycles. The van der Waals surface area contributed by atoms with Gasteiger partial charge in [-0.2, -0.15) is 0 Å². The van der Waals surface area contributed by atoms with E-state index in [2.05, 4.69) is 15.5 Å². The Labute approximate surface area is 214 Å². The Balaban J connectivity index is 1.40. The second kappa shape index (κ2) is 11.4. The number of nitrogens with one attached hydrogen (secondary N) is 1. The highest BCUT2D eigenvalue weighted by molar-refractivity contribution is 7.99. The lowest BCUT2D eigenvalue weighted by Crippen LogP contribution is -2.21. The van der Waals surface area contributed by atoms with E-state index < -0.39 is 23.9 Å². The summed E-state index contributed by atoms with van der Waals surface area (Å²) in [5, 5.41) is 11.0. The van der Waals surface area contributed by atoms with Crippen LogP contribution in [0.15, 0.2) is 33.9 Å². The Morgan fingerprint density at radius 3 is 2.58 bits per heavy atom. The Morgan fingerprint density at radius 1 is 1.11 bits per heavy atom. The predicted molar refractivity (Wildman–Crippen MR) is 130 cm³/mol. The van der Waals surface area contributed by atoms with Crippen molar-refractivity contribution in [3.05, 3.63) is 46.2 Å². The van der Waals surface area contributed by atoms with E-state index in [1.165, 1.54) is 0 Å². The van der Waals surface area contributed by atoms with Crippen LogP contribution >= 0.6 is 23.1 Å². The van der Waals surface area contributed by atoms with E-state index in [0.717, 1.165) is 23.1 Å². The number of nitrogens with zero attached hydrogens (tertiary/aromatic N) is 2. The largest absolute Gasteiger partial charge is 0.485 e. The fourth-order valence-corrected chi connectivity index (χ4v) is 4.96. The summed E-state index contributed by atoms with van der Waals surface area (Å²) in [6.07, 6.45) is -0.571. The van der Waals surface area contributed by atoms with Gasteiger partial charge < -0.3 is 28.7 Å². The SMILES string of the molecule is CCOC(=O)c1sc(NC(=O)CSc2nnc(C3COc4ccccc4O3)o2)c(C(=O)OCC)c1C. The Morgan fingerprint density at radius 2 is 1.83 bits per heavy atom. The lowest BCUT2D eigenvalue weighted by molar-refractivity contribution is -0.113. The van der Waals surface area contributed by atoms with E-state index in [9.17, 15) is 14.4 Å². The Hall–Kier alpha value is -3.58. The maximum Gasteiger partial charge on any atom is 0.348 e. The molecule has 190 valence electrons. The topological polar surface area (TPSA) is 139 Å². The average molecular weight is 534 g/mol. The van der Waals surface area contributed by atoms with Gasteiger partial charge in [-0.1, -0.05) is 23.9 Å². The van der Waals surface area contributed by atoms with Crippen LogP contribution in [0, 0.1) is 6.92 Å². The number of carbonyl (C=O) groups is 3. The van der Waals surface area contributed by atoms with Crippen molar-refractivity contribution in [2.75, 3.05) is 30.9 Å². The average Bonchev–Trinajstić information content (AvgIpc) is 3.47. The van der Waals surface area contributed by atoms with E-state index in [1.54, 1.807) is 32.9 Å². The van der Waals surface area contributed by atoms with E-state index in [1.807, 2.05) is 12.1 Å². The van der Waals surface area contributed by atoms with Gasteiger partial charge in [0.25, 0.3) is 11.1 Å². The summed E-state index contributed by atoms with van der Waals surface area (Å²) in [4.78, 5) is 37.6. The van der Waals surface area contributed by atoms with E-state index in [0.29, 0.717) is 17.1 Å². The van der Waals surface area contributed by atoms with Crippen LogP contribution in [0.2, 0.25) is 0 Å². The summed E-state index contributed by atoms with van der Waals surface area (Å²) in [6.45, 7) is 5.49.